The number of benzene rings is 3. The summed E-state index contributed by atoms with van der Waals surface area (Å²) in [5.41, 5.74) is 6.90. The molecule has 0 amide bonds. The summed E-state index contributed by atoms with van der Waals surface area (Å²) in [6.07, 6.45) is 2.53. The lowest BCUT2D eigenvalue weighted by Crippen LogP contribution is -2.47. The van der Waals surface area contributed by atoms with Crippen LogP contribution in [0.4, 0.5) is 0 Å². The van der Waals surface area contributed by atoms with Crippen molar-refractivity contribution in [1.29, 1.82) is 0 Å². The quantitative estimate of drug-likeness (QED) is 0.420. The van der Waals surface area contributed by atoms with Gasteiger partial charge in [-0.2, -0.15) is 0 Å². The molecule has 0 aliphatic carbocycles. The fraction of sp³-hybridized carbons (Fsp3) is 0.148. The lowest BCUT2D eigenvalue weighted by molar-refractivity contribution is 0.253. The number of hydrogen-bond donors (Lipinski definition) is 0. The standard InChI is InChI=1S/C27H26BNO/c1-3-22-11-7-8-14-25(22)28(24-12-5-4-6-13-24)30-27(26-15-9-10-20-29-26)23-18-16-21(2)17-19-23/h4-20,27H,3H2,1-2H3. The average molecular weight is 391 g/mol. The molecule has 1 unspecified atom stereocenters. The SMILES string of the molecule is CCc1ccccc1B(OC(c1ccc(C)cc1)c1ccccn1)c1ccccc1. The van der Waals surface area contributed by atoms with E-state index in [4.69, 9.17) is 4.65 Å². The molecule has 148 valence electrons. The first kappa shape index (κ1) is 20.1. The maximum Gasteiger partial charge on any atom is 0.362 e. The van der Waals surface area contributed by atoms with Crippen molar-refractivity contribution in [2.75, 3.05) is 0 Å². The van der Waals surface area contributed by atoms with E-state index in [0.717, 1.165) is 23.1 Å². The topological polar surface area (TPSA) is 22.1 Å². The minimum Gasteiger partial charge on any atom is -0.414 e. The van der Waals surface area contributed by atoms with E-state index in [-0.39, 0.29) is 13.0 Å². The van der Waals surface area contributed by atoms with Gasteiger partial charge in [0, 0.05) is 6.20 Å². The summed E-state index contributed by atoms with van der Waals surface area (Å²) in [7, 11) is 0. The number of hydrogen-bond acceptors (Lipinski definition) is 2. The van der Waals surface area contributed by atoms with Crippen LogP contribution >= 0.6 is 0 Å². The van der Waals surface area contributed by atoms with Gasteiger partial charge >= 0.3 is 6.92 Å². The van der Waals surface area contributed by atoms with Gasteiger partial charge in [-0.05, 0) is 42.0 Å². The Morgan fingerprint density at radius 3 is 2.20 bits per heavy atom. The van der Waals surface area contributed by atoms with E-state index in [1.54, 1.807) is 0 Å². The van der Waals surface area contributed by atoms with E-state index in [1.807, 2.05) is 30.5 Å². The maximum absolute atomic E-state index is 6.91. The lowest BCUT2D eigenvalue weighted by atomic mass is 9.53. The average Bonchev–Trinajstić information content (AvgIpc) is 2.82. The third-order valence-electron chi connectivity index (χ3n) is 5.43. The summed E-state index contributed by atoms with van der Waals surface area (Å²) in [6, 6.07) is 33.6. The summed E-state index contributed by atoms with van der Waals surface area (Å²) in [5.74, 6) is 0. The highest BCUT2D eigenvalue weighted by Crippen LogP contribution is 2.26. The van der Waals surface area contributed by atoms with Gasteiger partial charge in [-0.3, -0.25) is 4.98 Å². The van der Waals surface area contributed by atoms with E-state index in [2.05, 4.69) is 91.6 Å². The first-order valence-electron chi connectivity index (χ1n) is 10.5. The molecular formula is C27H26BNO. The Morgan fingerprint density at radius 1 is 0.800 bits per heavy atom. The Bertz CT molecular complexity index is 1060. The molecule has 0 bridgehead atoms. The second-order valence-corrected chi connectivity index (χ2v) is 7.52. The summed E-state index contributed by atoms with van der Waals surface area (Å²) >= 11 is 0. The van der Waals surface area contributed by atoms with Crippen LogP contribution in [0.2, 0.25) is 0 Å². The minimum atomic E-state index is -0.262. The first-order valence-corrected chi connectivity index (χ1v) is 10.5. The predicted octanol–water partition coefficient (Wildman–Crippen LogP) is 4.86. The van der Waals surface area contributed by atoms with Gasteiger partial charge < -0.3 is 4.65 Å². The van der Waals surface area contributed by atoms with Crippen LogP contribution in [0.1, 0.15) is 35.4 Å². The van der Waals surface area contributed by atoms with Crippen LogP contribution in [0, 0.1) is 6.92 Å². The molecule has 0 radical (unpaired) electrons. The smallest absolute Gasteiger partial charge is 0.362 e. The molecule has 0 aliphatic heterocycles. The van der Waals surface area contributed by atoms with Crippen LogP contribution in [-0.2, 0) is 11.1 Å². The zero-order valence-corrected chi connectivity index (χ0v) is 17.5. The van der Waals surface area contributed by atoms with Gasteiger partial charge in [0.2, 0.25) is 0 Å². The molecule has 0 saturated carbocycles. The van der Waals surface area contributed by atoms with Gasteiger partial charge in [-0.15, -0.1) is 0 Å². The van der Waals surface area contributed by atoms with Crippen LogP contribution in [0.5, 0.6) is 0 Å². The van der Waals surface area contributed by atoms with Crippen LogP contribution in [0.25, 0.3) is 0 Å². The van der Waals surface area contributed by atoms with Crippen molar-refractivity contribution in [1.82, 2.24) is 4.98 Å². The van der Waals surface area contributed by atoms with Gasteiger partial charge in [-0.1, -0.05) is 103 Å². The normalized spacial score (nSPS) is 11.8. The van der Waals surface area contributed by atoms with Crippen molar-refractivity contribution in [3.8, 4) is 0 Å². The third-order valence-corrected chi connectivity index (χ3v) is 5.43. The molecule has 3 aromatic carbocycles. The molecule has 0 aliphatic rings. The molecule has 0 N–H and O–H groups in total. The lowest BCUT2D eigenvalue weighted by Gasteiger charge is -2.25. The Balaban J connectivity index is 1.81. The molecule has 0 fully saturated rings. The zero-order valence-electron chi connectivity index (χ0n) is 17.5. The molecule has 0 saturated heterocycles. The van der Waals surface area contributed by atoms with Crippen molar-refractivity contribution < 1.29 is 4.65 Å². The molecular weight excluding hydrogens is 365 g/mol. The van der Waals surface area contributed by atoms with Crippen LogP contribution < -0.4 is 10.9 Å². The molecule has 4 rings (SSSR count). The van der Waals surface area contributed by atoms with E-state index in [1.165, 1.54) is 16.6 Å². The zero-order chi connectivity index (χ0) is 20.8. The van der Waals surface area contributed by atoms with Crippen molar-refractivity contribution in [2.45, 2.75) is 26.4 Å². The van der Waals surface area contributed by atoms with E-state index >= 15 is 0 Å². The number of aromatic nitrogens is 1. The van der Waals surface area contributed by atoms with Crippen LogP contribution in [-0.4, -0.2) is 11.9 Å². The van der Waals surface area contributed by atoms with E-state index in [9.17, 15) is 0 Å². The van der Waals surface area contributed by atoms with Crippen molar-refractivity contribution >= 4 is 17.8 Å². The predicted molar refractivity (Wildman–Crippen MR) is 126 cm³/mol. The van der Waals surface area contributed by atoms with Gasteiger partial charge in [-0.25, -0.2) is 0 Å². The van der Waals surface area contributed by atoms with E-state index in [0.29, 0.717) is 0 Å². The Hall–Kier alpha value is -3.17. The fourth-order valence-corrected chi connectivity index (χ4v) is 3.80. The highest BCUT2D eigenvalue weighted by Gasteiger charge is 2.29. The minimum absolute atomic E-state index is 0.185. The molecule has 4 aromatic rings. The molecule has 1 aromatic heterocycles. The monoisotopic (exact) mass is 391 g/mol. The van der Waals surface area contributed by atoms with Gasteiger partial charge in [0.15, 0.2) is 0 Å². The highest BCUT2D eigenvalue weighted by atomic mass is 16.4. The Kier molecular flexibility index (Phi) is 6.41. The van der Waals surface area contributed by atoms with E-state index < -0.39 is 0 Å². The number of pyridine rings is 1. The molecule has 0 spiro atoms. The van der Waals surface area contributed by atoms with Crippen molar-refractivity contribution in [2.24, 2.45) is 0 Å². The van der Waals surface area contributed by atoms with Gasteiger partial charge in [0.1, 0.15) is 6.10 Å². The van der Waals surface area contributed by atoms with Crippen LogP contribution in [0.3, 0.4) is 0 Å². The Labute approximate surface area is 179 Å². The maximum atomic E-state index is 6.91. The van der Waals surface area contributed by atoms with Crippen molar-refractivity contribution in [3.63, 3.8) is 0 Å². The Morgan fingerprint density at radius 2 is 1.50 bits per heavy atom. The molecule has 1 heterocycles. The first-order chi connectivity index (χ1) is 14.8. The molecule has 2 nitrogen and oxygen atoms in total. The summed E-state index contributed by atoms with van der Waals surface area (Å²) in [4.78, 5) is 4.64. The number of rotatable bonds is 7. The van der Waals surface area contributed by atoms with Crippen LogP contribution in [0.15, 0.2) is 103 Å². The van der Waals surface area contributed by atoms with Gasteiger partial charge in [0.05, 0.1) is 5.69 Å². The van der Waals surface area contributed by atoms with Crippen molar-refractivity contribution in [3.05, 3.63) is 126 Å². The molecule has 3 heteroatoms. The highest BCUT2D eigenvalue weighted by molar-refractivity contribution is 6.80. The molecule has 30 heavy (non-hydrogen) atoms. The second kappa shape index (κ2) is 9.56. The number of aryl methyl sites for hydroxylation is 2. The molecule has 1 atom stereocenters. The third kappa shape index (κ3) is 4.53. The second-order valence-electron chi connectivity index (χ2n) is 7.52. The fourth-order valence-electron chi connectivity index (χ4n) is 3.80. The summed E-state index contributed by atoms with van der Waals surface area (Å²) in [6.45, 7) is 4.11. The van der Waals surface area contributed by atoms with Gasteiger partial charge in [0.25, 0.3) is 0 Å². The summed E-state index contributed by atoms with van der Waals surface area (Å²) in [5, 5.41) is 0. The number of nitrogens with zero attached hydrogens (tertiary/aromatic N) is 1. The largest absolute Gasteiger partial charge is 0.414 e. The summed E-state index contributed by atoms with van der Waals surface area (Å²) < 4.78 is 6.91.